The molecule has 27 heteroatoms. The number of sulfonamides is 1. The van der Waals surface area contributed by atoms with Crippen LogP contribution in [0.4, 0.5) is 17.3 Å². The van der Waals surface area contributed by atoms with Crippen molar-refractivity contribution in [1.82, 2.24) is 14.6 Å². The number of amides is 1. The molecule has 21 nitrogen and oxygen atoms in total. The van der Waals surface area contributed by atoms with Crippen LogP contribution in [-0.2, 0) is 56.8 Å². The van der Waals surface area contributed by atoms with E-state index in [2.05, 4.69) is 10.0 Å². The molecule has 1 amide bonds. The highest BCUT2D eigenvalue weighted by atomic mass is 32.2. The van der Waals surface area contributed by atoms with Crippen molar-refractivity contribution in [3.63, 3.8) is 0 Å². The summed E-state index contributed by atoms with van der Waals surface area (Å²) < 4.78 is 107. The average molecular weight is 909 g/mol. The number of aromatic nitrogens is 2. The van der Waals surface area contributed by atoms with Crippen LogP contribution < -0.4 is 14.6 Å². The molecule has 0 aliphatic carbocycles. The number of aryl methyl sites for hydroxylation is 1. The average Bonchev–Trinajstić information content (AvgIpc) is 3.60. The lowest BCUT2D eigenvalue weighted by Gasteiger charge is -2.50. The number of hydrogen-bond acceptors (Lipinski definition) is 17. The molecule has 3 aliphatic rings. The largest absolute Gasteiger partial charge is 0.673 e. The summed E-state index contributed by atoms with van der Waals surface area (Å²) in [6.07, 6.45) is -16.6. The highest BCUT2D eigenvalue weighted by Gasteiger charge is 2.54. The monoisotopic (exact) mass is 908 g/mol. The summed E-state index contributed by atoms with van der Waals surface area (Å²) in [6.45, 7) is 1.30. The Morgan fingerprint density at radius 3 is 1.95 bits per heavy atom. The number of hydrogen-bond donors (Lipinski definition) is 10. The van der Waals surface area contributed by atoms with Crippen molar-refractivity contribution < 1.29 is 104 Å². The Bertz CT molecular complexity index is 1780. The van der Waals surface area contributed by atoms with Gasteiger partial charge in [0, 0.05) is 13.5 Å². The van der Waals surface area contributed by atoms with Crippen LogP contribution in [0.2, 0.25) is 0 Å². The number of carbonyl (C=O) groups excluding carboxylic acids is 1. The van der Waals surface area contributed by atoms with E-state index >= 15 is 0 Å². The number of benzene rings is 1. The van der Waals surface area contributed by atoms with Crippen molar-refractivity contribution in [1.29, 1.82) is 0 Å². The number of imidazole rings is 1. The first-order valence-corrected chi connectivity index (χ1v) is 20.5. The third-order valence-corrected chi connectivity index (χ3v) is 11.2. The molecule has 10 N–H and O–H groups in total. The molecule has 348 valence electrons. The van der Waals surface area contributed by atoms with Gasteiger partial charge in [0.2, 0.25) is 22.3 Å². The van der Waals surface area contributed by atoms with Crippen molar-refractivity contribution in [2.45, 2.75) is 124 Å². The Labute approximate surface area is 347 Å². The third kappa shape index (κ3) is 14.0. The van der Waals surface area contributed by atoms with Crippen LogP contribution >= 0.6 is 0 Å². The summed E-state index contributed by atoms with van der Waals surface area (Å²) >= 11 is 0. The number of carbonyl (C=O) groups is 1. The van der Waals surface area contributed by atoms with Gasteiger partial charge in [-0.05, 0) is 31.0 Å². The molecule has 3 saturated heterocycles. The minimum atomic E-state index is -6.00. The van der Waals surface area contributed by atoms with Crippen LogP contribution in [0.15, 0.2) is 47.9 Å². The summed E-state index contributed by atoms with van der Waals surface area (Å²) in [5, 5.41) is 85.7. The van der Waals surface area contributed by atoms with Crippen LogP contribution in [0.1, 0.15) is 25.8 Å². The van der Waals surface area contributed by atoms with E-state index in [-0.39, 0.29) is 24.5 Å². The first-order chi connectivity index (χ1) is 28.5. The molecule has 0 radical (unpaired) electrons. The highest BCUT2D eigenvalue weighted by Crippen LogP contribution is 2.34. The van der Waals surface area contributed by atoms with Crippen LogP contribution in [0, 0.1) is 0 Å². The van der Waals surface area contributed by atoms with Gasteiger partial charge in [-0.3, -0.25) is 4.79 Å². The maximum absolute atomic E-state index is 13.0. The van der Waals surface area contributed by atoms with Gasteiger partial charge in [-0.1, -0.05) is 12.1 Å². The smallest absolute Gasteiger partial charge is 0.418 e. The molecular weight excluding hydrogens is 855 g/mol. The van der Waals surface area contributed by atoms with Crippen molar-refractivity contribution in [2.75, 3.05) is 26.4 Å². The molecule has 0 unspecified atom stereocenters. The van der Waals surface area contributed by atoms with Crippen LogP contribution in [0.5, 0.6) is 0 Å². The van der Waals surface area contributed by atoms with E-state index < -0.39 is 128 Å². The van der Waals surface area contributed by atoms with E-state index in [4.69, 9.17) is 28.4 Å². The summed E-state index contributed by atoms with van der Waals surface area (Å²) in [5.41, 5.74) is 0.895. The summed E-state index contributed by atoms with van der Waals surface area (Å²) in [4.78, 5) is 12.6. The normalized spacial score (nSPS) is 34.6. The zero-order valence-corrected chi connectivity index (χ0v) is 33.9. The van der Waals surface area contributed by atoms with Crippen molar-refractivity contribution in [3.8, 4) is 0 Å². The molecule has 0 saturated carbocycles. The minimum absolute atomic E-state index is 0.0527. The Morgan fingerprint density at radius 1 is 0.836 bits per heavy atom. The fourth-order valence-electron chi connectivity index (χ4n) is 6.66. The van der Waals surface area contributed by atoms with Crippen molar-refractivity contribution >= 4 is 23.2 Å². The summed E-state index contributed by atoms with van der Waals surface area (Å²) in [6, 6.07) is 5.06. The lowest BCUT2D eigenvalue weighted by Crippen LogP contribution is -2.69. The predicted molar refractivity (Wildman–Crippen MR) is 196 cm³/mol. The summed E-state index contributed by atoms with van der Waals surface area (Å²) in [5.74, 6) is -0.634. The predicted octanol–water partition coefficient (Wildman–Crippen LogP) is -4.03. The molecular formula is C34H53BF4N4O17S. The van der Waals surface area contributed by atoms with Gasteiger partial charge in [0.1, 0.15) is 86.0 Å². The van der Waals surface area contributed by atoms with E-state index in [1.54, 1.807) is 12.1 Å². The van der Waals surface area contributed by atoms with Crippen molar-refractivity contribution in [3.05, 3.63) is 48.5 Å². The Kier molecular flexibility index (Phi) is 18.4. The fourth-order valence-corrected chi connectivity index (χ4v) is 7.74. The Hall–Kier alpha value is -2.97. The molecule has 1 aromatic heterocycles. The van der Waals surface area contributed by atoms with Gasteiger partial charge in [0.15, 0.2) is 18.9 Å². The van der Waals surface area contributed by atoms with E-state index in [1.165, 1.54) is 19.1 Å². The van der Waals surface area contributed by atoms with Crippen LogP contribution in [0.3, 0.4) is 0 Å². The van der Waals surface area contributed by atoms with Gasteiger partial charge in [0.05, 0.1) is 37.9 Å². The topological polar surface area (TPSA) is 301 Å². The van der Waals surface area contributed by atoms with E-state index in [1.807, 2.05) is 34.9 Å². The van der Waals surface area contributed by atoms with Gasteiger partial charge in [-0.2, -0.15) is 0 Å². The molecule has 61 heavy (non-hydrogen) atoms. The lowest BCUT2D eigenvalue weighted by atomic mass is 9.94. The third-order valence-electron chi connectivity index (χ3n) is 9.75. The lowest BCUT2D eigenvalue weighted by molar-refractivity contribution is -0.671. The molecule has 3 aliphatic heterocycles. The first kappa shape index (κ1) is 50.7. The number of halogens is 4. The first-order valence-electron chi connectivity index (χ1n) is 19.0. The number of rotatable bonds is 16. The molecule has 1 aromatic carbocycles. The van der Waals surface area contributed by atoms with Gasteiger partial charge in [-0.15, -0.1) is 0 Å². The Morgan fingerprint density at radius 2 is 1.39 bits per heavy atom. The molecule has 0 spiro atoms. The van der Waals surface area contributed by atoms with Crippen LogP contribution in [-0.4, -0.2) is 185 Å². The molecule has 15 atom stereocenters. The number of aliphatic hydroxyl groups is 8. The zero-order valence-electron chi connectivity index (χ0n) is 33.1. The second-order valence-electron chi connectivity index (χ2n) is 14.5. The van der Waals surface area contributed by atoms with E-state index in [9.17, 15) is 71.3 Å². The van der Waals surface area contributed by atoms with Gasteiger partial charge >= 0.3 is 7.25 Å². The second kappa shape index (κ2) is 22.1. The second-order valence-corrected chi connectivity index (χ2v) is 16.3. The van der Waals surface area contributed by atoms with Crippen LogP contribution in [0.25, 0.3) is 0 Å². The number of aliphatic hydroxyl groups excluding tert-OH is 8. The van der Waals surface area contributed by atoms with Gasteiger partial charge < -0.3 is 91.9 Å². The zero-order chi connectivity index (χ0) is 45.4. The standard InChI is InChI=1S/C34H52N4O17S.BF4/c1-17-24(42)26(44)28(46)33(51-17)55-31-23(36-18(2)41)32(53-22(15-40)30(31)54-34-29(47)27(45)25(43)21(14-39)52-34)50-12-4-9-35-56(48,49)20-7-5-19(6-8-20)13-38-11-10-37(3)16-38;2-1(3,4)5/h5-8,10-11,16-17,21-35,39-40,42-47H,4,9,12-15H2,1-3H3;/q;-1/p+1/t17-,21+,22+,23+,24+,25-,26+,27-,28-,29+,30+,31+,32+,33-,34-;/m0./s1. The maximum Gasteiger partial charge on any atom is 0.673 e. The number of nitrogens with zero attached hydrogens (tertiary/aromatic N) is 2. The summed E-state index contributed by atoms with van der Waals surface area (Å²) in [7, 11) is -8.01. The number of nitrogens with one attached hydrogen (secondary N) is 2. The molecule has 4 heterocycles. The minimum Gasteiger partial charge on any atom is -0.418 e. The fraction of sp³-hybridized carbons (Fsp3) is 0.706. The molecule has 2 aromatic rings. The van der Waals surface area contributed by atoms with Gasteiger partial charge in [-0.25, -0.2) is 22.3 Å². The molecule has 5 rings (SSSR count). The molecule has 3 fully saturated rings. The maximum atomic E-state index is 13.0. The van der Waals surface area contributed by atoms with Gasteiger partial charge in [0.25, 0.3) is 0 Å². The Balaban J connectivity index is 0.00000155. The highest BCUT2D eigenvalue weighted by molar-refractivity contribution is 7.89. The van der Waals surface area contributed by atoms with Crippen molar-refractivity contribution in [2.24, 2.45) is 7.05 Å². The van der Waals surface area contributed by atoms with E-state index in [0.29, 0.717) is 6.54 Å². The van der Waals surface area contributed by atoms with E-state index in [0.717, 1.165) is 12.5 Å². The quantitative estimate of drug-likeness (QED) is 0.0332. The number of ether oxygens (including phenoxy) is 6. The SMILES string of the molecule is CC(=O)N[C@H]1[C@H](OCCCNS(=O)(=O)c2ccc(Cn3cc[n+](C)c3)cc2)O[C@H](CO)[C@@H](O[C@@H]2O[C@H](CO)[C@H](O)[C@H](O)[C@H]2O)[C@@H]1O[C@@H]1O[C@@H](C)[C@@H](O)[C@@H](O)[C@@H]1O.F[B-](F)(F)F. The molecule has 0 bridgehead atoms.